The minimum absolute atomic E-state index is 0.00929. The molecule has 0 radical (unpaired) electrons. The molecule has 74 valence electrons. The van der Waals surface area contributed by atoms with Gasteiger partial charge in [0.05, 0.1) is 12.7 Å². The number of aliphatic hydroxyl groups is 1. The molecule has 0 rings (SSSR count). The molecule has 0 amide bonds. The Balaban J connectivity index is 3.22. The lowest BCUT2D eigenvalue weighted by molar-refractivity contribution is 0.0205. The van der Waals surface area contributed by atoms with Crippen LogP contribution in [0.3, 0.4) is 0 Å². The number of hydrogen-bond acceptors (Lipinski definition) is 2. The zero-order valence-electron chi connectivity index (χ0n) is 8.76. The molecule has 0 heterocycles. The van der Waals surface area contributed by atoms with E-state index in [-0.39, 0.29) is 12.7 Å². The predicted octanol–water partition coefficient (Wildman–Crippen LogP) is 2.21. The van der Waals surface area contributed by atoms with E-state index in [4.69, 9.17) is 9.84 Å². The Kier molecular flexibility index (Phi) is 5.51. The Bertz CT molecular complexity index is 105. The summed E-state index contributed by atoms with van der Waals surface area (Å²) >= 11 is 0. The molecule has 1 N–H and O–H groups in total. The number of ether oxygens (including phenoxy) is 1. The van der Waals surface area contributed by atoms with Crippen LogP contribution in [0.2, 0.25) is 0 Å². The van der Waals surface area contributed by atoms with Crippen LogP contribution in [-0.4, -0.2) is 24.4 Å². The van der Waals surface area contributed by atoms with E-state index in [2.05, 4.69) is 20.8 Å². The van der Waals surface area contributed by atoms with Crippen LogP contribution >= 0.6 is 0 Å². The van der Waals surface area contributed by atoms with E-state index in [0.29, 0.717) is 5.41 Å². The molecule has 0 aliphatic rings. The van der Waals surface area contributed by atoms with E-state index in [1.807, 2.05) is 6.92 Å². The minimum Gasteiger partial charge on any atom is -0.394 e. The predicted molar refractivity (Wildman–Crippen MR) is 51.2 cm³/mol. The Hall–Kier alpha value is -0.0800. The van der Waals surface area contributed by atoms with Crippen molar-refractivity contribution in [1.82, 2.24) is 0 Å². The quantitative estimate of drug-likeness (QED) is 0.647. The van der Waals surface area contributed by atoms with Gasteiger partial charge < -0.3 is 9.84 Å². The number of rotatable bonds is 5. The summed E-state index contributed by atoms with van der Waals surface area (Å²) in [7, 11) is 0. The molecule has 0 aromatic heterocycles. The van der Waals surface area contributed by atoms with Crippen molar-refractivity contribution in [3.8, 4) is 0 Å². The molecule has 1 atom stereocenters. The summed E-state index contributed by atoms with van der Waals surface area (Å²) in [6.07, 6.45) is 2.24. The van der Waals surface area contributed by atoms with E-state index in [0.717, 1.165) is 13.0 Å². The monoisotopic (exact) mass is 174 g/mol. The second-order valence-corrected chi connectivity index (χ2v) is 4.53. The Morgan fingerprint density at radius 2 is 1.92 bits per heavy atom. The van der Waals surface area contributed by atoms with Crippen molar-refractivity contribution >= 4 is 0 Å². The van der Waals surface area contributed by atoms with Gasteiger partial charge in [-0.25, -0.2) is 0 Å². The Labute approximate surface area is 75.9 Å². The molecular weight excluding hydrogens is 152 g/mol. The van der Waals surface area contributed by atoms with Crippen molar-refractivity contribution in [3.05, 3.63) is 0 Å². The third kappa shape index (κ3) is 8.02. The average Bonchev–Trinajstić information content (AvgIpc) is 1.96. The highest BCUT2D eigenvalue weighted by Crippen LogP contribution is 2.20. The van der Waals surface area contributed by atoms with Crippen LogP contribution in [0.4, 0.5) is 0 Å². The maximum Gasteiger partial charge on any atom is 0.0777 e. The summed E-state index contributed by atoms with van der Waals surface area (Å²) in [4.78, 5) is 0. The molecule has 0 aromatic carbocycles. The van der Waals surface area contributed by atoms with Crippen LogP contribution in [0.1, 0.15) is 40.5 Å². The summed E-state index contributed by atoms with van der Waals surface area (Å²) in [5.41, 5.74) is 0.395. The van der Waals surface area contributed by atoms with Gasteiger partial charge in [-0.2, -0.15) is 0 Å². The lowest BCUT2D eigenvalue weighted by Gasteiger charge is -2.18. The van der Waals surface area contributed by atoms with Crippen molar-refractivity contribution in [2.24, 2.45) is 5.41 Å². The van der Waals surface area contributed by atoms with Crippen LogP contribution < -0.4 is 0 Å². The summed E-state index contributed by atoms with van der Waals surface area (Å²) in [5, 5.41) is 8.67. The van der Waals surface area contributed by atoms with Crippen molar-refractivity contribution in [2.75, 3.05) is 13.2 Å². The zero-order chi connectivity index (χ0) is 9.61. The summed E-state index contributed by atoms with van der Waals surface area (Å²) in [6, 6.07) is 0. The third-order valence-electron chi connectivity index (χ3n) is 1.73. The average molecular weight is 174 g/mol. The summed E-state index contributed by atoms with van der Waals surface area (Å²) in [5.74, 6) is 0. The maximum absolute atomic E-state index is 8.67. The summed E-state index contributed by atoms with van der Waals surface area (Å²) < 4.78 is 5.34. The molecule has 2 nitrogen and oxygen atoms in total. The first-order chi connectivity index (χ1) is 5.45. The fourth-order valence-corrected chi connectivity index (χ4v) is 0.940. The fourth-order valence-electron chi connectivity index (χ4n) is 0.940. The summed E-state index contributed by atoms with van der Waals surface area (Å²) in [6.45, 7) is 9.44. The first-order valence-electron chi connectivity index (χ1n) is 4.68. The van der Waals surface area contributed by atoms with Gasteiger partial charge >= 0.3 is 0 Å². The van der Waals surface area contributed by atoms with Crippen LogP contribution in [0.25, 0.3) is 0 Å². The highest BCUT2D eigenvalue weighted by atomic mass is 16.5. The van der Waals surface area contributed by atoms with E-state index < -0.39 is 0 Å². The largest absolute Gasteiger partial charge is 0.394 e. The first kappa shape index (κ1) is 11.9. The standard InChI is InChI=1S/C10H22O2/c1-9(8-11)12-7-5-6-10(2,3)4/h9,11H,5-8H2,1-4H3. The van der Waals surface area contributed by atoms with Crippen molar-refractivity contribution in [3.63, 3.8) is 0 Å². The van der Waals surface area contributed by atoms with Gasteiger partial charge in [0.2, 0.25) is 0 Å². The van der Waals surface area contributed by atoms with Gasteiger partial charge in [-0.1, -0.05) is 20.8 Å². The molecule has 0 spiro atoms. The molecule has 0 aromatic rings. The molecular formula is C10H22O2. The minimum atomic E-state index is -0.00929. The van der Waals surface area contributed by atoms with Gasteiger partial charge in [0.15, 0.2) is 0 Å². The Morgan fingerprint density at radius 3 is 2.33 bits per heavy atom. The van der Waals surface area contributed by atoms with Crippen molar-refractivity contribution in [1.29, 1.82) is 0 Å². The van der Waals surface area contributed by atoms with Crippen molar-refractivity contribution < 1.29 is 9.84 Å². The van der Waals surface area contributed by atoms with Gasteiger partial charge in [0, 0.05) is 6.61 Å². The van der Waals surface area contributed by atoms with E-state index in [1.165, 1.54) is 6.42 Å². The second kappa shape index (κ2) is 5.55. The molecule has 1 unspecified atom stereocenters. The molecule has 0 aliphatic heterocycles. The van der Waals surface area contributed by atoms with Crippen LogP contribution in [0, 0.1) is 5.41 Å². The highest BCUT2D eigenvalue weighted by Gasteiger charge is 2.09. The molecule has 0 saturated heterocycles. The van der Waals surface area contributed by atoms with Gasteiger partial charge in [0.1, 0.15) is 0 Å². The topological polar surface area (TPSA) is 29.5 Å². The molecule has 0 fully saturated rings. The van der Waals surface area contributed by atoms with Gasteiger partial charge in [-0.3, -0.25) is 0 Å². The Morgan fingerprint density at radius 1 is 1.33 bits per heavy atom. The zero-order valence-corrected chi connectivity index (χ0v) is 8.76. The van der Waals surface area contributed by atoms with Gasteiger partial charge in [0.25, 0.3) is 0 Å². The lowest BCUT2D eigenvalue weighted by atomic mass is 9.91. The normalized spacial score (nSPS) is 14.8. The molecule has 0 saturated carbocycles. The van der Waals surface area contributed by atoms with E-state index >= 15 is 0 Å². The van der Waals surface area contributed by atoms with Gasteiger partial charge in [-0.15, -0.1) is 0 Å². The van der Waals surface area contributed by atoms with E-state index in [1.54, 1.807) is 0 Å². The fraction of sp³-hybridized carbons (Fsp3) is 1.00. The SMILES string of the molecule is CC(CO)OCCCC(C)(C)C. The van der Waals surface area contributed by atoms with Crippen molar-refractivity contribution in [2.45, 2.75) is 46.6 Å². The molecule has 2 heteroatoms. The van der Waals surface area contributed by atoms with Crippen LogP contribution in [0.15, 0.2) is 0 Å². The maximum atomic E-state index is 8.67. The van der Waals surface area contributed by atoms with Crippen LogP contribution in [0.5, 0.6) is 0 Å². The van der Waals surface area contributed by atoms with Gasteiger partial charge in [-0.05, 0) is 25.2 Å². The van der Waals surface area contributed by atoms with E-state index in [9.17, 15) is 0 Å². The second-order valence-electron chi connectivity index (χ2n) is 4.53. The lowest BCUT2D eigenvalue weighted by Crippen LogP contribution is -2.15. The smallest absolute Gasteiger partial charge is 0.0777 e. The first-order valence-corrected chi connectivity index (χ1v) is 4.68. The highest BCUT2D eigenvalue weighted by molar-refractivity contribution is 4.60. The third-order valence-corrected chi connectivity index (χ3v) is 1.73. The molecule has 0 aliphatic carbocycles. The molecule has 0 bridgehead atoms. The van der Waals surface area contributed by atoms with Crippen LogP contribution in [-0.2, 0) is 4.74 Å². The number of hydrogen-bond donors (Lipinski definition) is 1. The number of aliphatic hydroxyl groups excluding tert-OH is 1. The molecule has 12 heavy (non-hydrogen) atoms.